The number of aryl methyl sites for hydroxylation is 1. The number of anilines is 1. The Morgan fingerprint density at radius 3 is 2.52 bits per heavy atom. The van der Waals surface area contributed by atoms with Crippen molar-refractivity contribution < 1.29 is 13.9 Å². The van der Waals surface area contributed by atoms with Gasteiger partial charge in [0.2, 0.25) is 0 Å². The largest absolute Gasteiger partial charge is 0.444 e. The van der Waals surface area contributed by atoms with Gasteiger partial charge in [0.15, 0.2) is 0 Å². The number of nitrogens with zero attached hydrogens (tertiary/aromatic N) is 4. The van der Waals surface area contributed by atoms with Gasteiger partial charge in [-0.05, 0) is 71.2 Å². The lowest BCUT2D eigenvalue weighted by Gasteiger charge is -2.43. The molecule has 1 amide bonds. The van der Waals surface area contributed by atoms with Crippen LogP contribution < -0.4 is 4.90 Å². The zero-order chi connectivity index (χ0) is 20.8. The molecule has 0 aromatic carbocycles. The predicted octanol–water partition coefficient (Wildman–Crippen LogP) is 4.25. The summed E-state index contributed by atoms with van der Waals surface area (Å²) in [4.78, 5) is 26.1. The van der Waals surface area contributed by atoms with Gasteiger partial charge < -0.3 is 14.5 Å². The first-order valence-electron chi connectivity index (χ1n) is 10.3. The molecule has 0 spiro atoms. The van der Waals surface area contributed by atoms with Crippen molar-refractivity contribution in [3.63, 3.8) is 0 Å². The standard InChI is InChI=1S/C22H29FN4O2/c1-14-5-6-19-18(24-14)7-8-20(25-19)26-10-9-16(13-26)27(17-11-15(23)12-17)21(28)29-22(2,3)4/h5-8,15-17H,9-13H2,1-4H3. The van der Waals surface area contributed by atoms with Crippen LogP contribution >= 0.6 is 0 Å². The number of hydrogen-bond donors (Lipinski definition) is 0. The third-order valence-electron chi connectivity index (χ3n) is 5.60. The van der Waals surface area contributed by atoms with Crippen LogP contribution in [0.3, 0.4) is 0 Å². The van der Waals surface area contributed by atoms with E-state index in [-0.39, 0.29) is 18.2 Å². The molecule has 1 aliphatic heterocycles. The molecule has 1 aliphatic carbocycles. The van der Waals surface area contributed by atoms with Crippen LogP contribution in [0.4, 0.5) is 15.0 Å². The van der Waals surface area contributed by atoms with Crippen LogP contribution in [0.25, 0.3) is 11.0 Å². The third kappa shape index (κ3) is 4.28. The molecule has 0 bridgehead atoms. The third-order valence-corrected chi connectivity index (χ3v) is 5.60. The van der Waals surface area contributed by atoms with Crippen LogP contribution in [-0.4, -0.2) is 57.9 Å². The molecule has 29 heavy (non-hydrogen) atoms. The van der Waals surface area contributed by atoms with Gasteiger partial charge in [0.1, 0.15) is 17.6 Å². The summed E-state index contributed by atoms with van der Waals surface area (Å²) in [5, 5.41) is 0. The highest BCUT2D eigenvalue weighted by Gasteiger charge is 2.43. The lowest BCUT2D eigenvalue weighted by molar-refractivity contribution is -0.0177. The second kappa shape index (κ2) is 7.43. The first-order chi connectivity index (χ1) is 13.7. The van der Waals surface area contributed by atoms with Crippen molar-refractivity contribution in [2.24, 2.45) is 0 Å². The van der Waals surface area contributed by atoms with Gasteiger partial charge in [-0.1, -0.05) is 0 Å². The molecular weight excluding hydrogens is 371 g/mol. The molecule has 2 aromatic heterocycles. The highest BCUT2D eigenvalue weighted by molar-refractivity contribution is 5.76. The van der Waals surface area contributed by atoms with Crippen LogP contribution in [0.1, 0.15) is 45.7 Å². The number of ether oxygens (including phenoxy) is 1. The summed E-state index contributed by atoms with van der Waals surface area (Å²) in [5.41, 5.74) is 2.13. The van der Waals surface area contributed by atoms with E-state index in [1.165, 1.54) is 0 Å². The van der Waals surface area contributed by atoms with Gasteiger partial charge in [-0.15, -0.1) is 0 Å². The predicted molar refractivity (Wildman–Crippen MR) is 111 cm³/mol. The van der Waals surface area contributed by atoms with Crippen LogP contribution in [0, 0.1) is 6.92 Å². The summed E-state index contributed by atoms with van der Waals surface area (Å²) >= 11 is 0. The summed E-state index contributed by atoms with van der Waals surface area (Å²) in [7, 11) is 0. The minimum atomic E-state index is -0.819. The van der Waals surface area contributed by atoms with Gasteiger partial charge in [-0.2, -0.15) is 0 Å². The summed E-state index contributed by atoms with van der Waals surface area (Å²) in [6.45, 7) is 9.01. The van der Waals surface area contributed by atoms with E-state index >= 15 is 0 Å². The Bertz CT molecular complexity index is 907. The molecule has 1 saturated heterocycles. The Morgan fingerprint density at radius 1 is 1.14 bits per heavy atom. The van der Waals surface area contributed by atoms with Gasteiger partial charge in [0.05, 0.1) is 17.1 Å². The topological polar surface area (TPSA) is 58.6 Å². The number of pyridine rings is 2. The molecule has 2 aromatic rings. The van der Waals surface area contributed by atoms with Crippen LogP contribution in [0.2, 0.25) is 0 Å². The average molecular weight is 400 g/mol. The normalized spacial score (nSPS) is 24.4. The van der Waals surface area contributed by atoms with Crippen molar-refractivity contribution in [1.82, 2.24) is 14.9 Å². The fourth-order valence-corrected chi connectivity index (χ4v) is 4.11. The number of carbonyl (C=O) groups excluding carboxylic acids is 1. The molecule has 7 heteroatoms. The second-order valence-electron chi connectivity index (χ2n) is 9.16. The second-order valence-corrected chi connectivity index (χ2v) is 9.16. The highest BCUT2D eigenvalue weighted by Crippen LogP contribution is 2.34. The Labute approximate surface area is 171 Å². The smallest absolute Gasteiger partial charge is 0.410 e. The van der Waals surface area contributed by atoms with Crippen LogP contribution in [-0.2, 0) is 4.74 Å². The highest BCUT2D eigenvalue weighted by atomic mass is 19.1. The Hall–Kier alpha value is -2.44. The summed E-state index contributed by atoms with van der Waals surface area (Å²) in [6.07, 6.45) is 0.454. The van der Waals surface area contributed by atoms with Crippen molar-refractivity contribution in [2.75, 3.05) is 18.0 Å². The number of rotatable bonds is 3. The summed E-state index contributed by atoms with van der Waals surface area (Å²) < 4.78 is 19.2. The van der Waals surface area contributed by atoms with Crippen molar-refractivity contribution in [3.05, 3.63) is 30.0 Å². The van der Waals surface area contributed by atoms with Crippen molar-refractivity contribution in [3.8, 4) is 0 Å². The molecule has 1 unspecified atom stereocenters. The Morgan fingerprint density at radius 2 is 1.83 bits per heavy atom. The SMILES string of the molecule is Cc1ccc2nc(N3CCC(N(C(=O)OC(C)(C)C)C4CC(F)C4)C3)ccc2n1. The minimum Gasteiger partial charge on any atom is -0.444 e. The van der Waals surface area contributed by atoms with E-state index in [4.69, 9.17) is 9.72 Å². The van der Waals surface area contributed by atoms with Gasteiger partial charge in [0, 0.05) is 24.8 Å². The molecule has 0 N–H and O–H groups in total. The van der Waals surface area contributed by atoms with Gasteiger partial charge in [0.25, 0.3) is 0 Å². The maximum atomic E-state index is 13.5. The first-order valence-corrected chi connectivity index (χ1v) is 10.3. The monoisotopic (exact) mass is 400 g/mol. The maximum Gasteiger partial charge on any atom is 0.410 e. The molecule has 1 atom stereocenters. The number of carbonyl (C=O) groups is 1. The zero-order valence-corrected chi connectivity index (χ0v) is 17.6. The molecule has 4 rings (SSSR count). The van der Waals surface area contributed by atoms with Gasteiger partial charge >= 0.3 is 6.09 Å². The molecule has 3 heterocycles. The maximum absolute atomic E-state index is 13.5. The van der Waals surface area contributed by atoms with E-state index in [0.717, 1.165) is 35.5 Å². The molecule has 1 saturated carbocycles. The molecular formula is C22H29FN4O2. The molecule has 6 nitrogen and oxygen atoms in total. The van der Waals surface area contributed by atoms with Crippen molar-refractivity contribution >= 4 is 22.9 Å². The van der Waals surface area contributed by atoms with E-state index in [2.05, 4.69) is 9.88 Å². The number of hydrogen-bond acceptors (Lipinski definition) is 5. The fraction of sp³-hybridized carbons (Fsp3) is 0.591. The quantitative estimate of drug-likeness (QED) is 0.771. The Kier molecular flexibility index (Phi) is 5.09. The number of aromatic nitrogens is 2. The average Bonchev–Trinajstić information content (AvgIpc) is 3.08. The first kappa shape index (κ1) is 19.9. The van der Waals surface area contributed by atoms with Crippen molar-refractivity contribution in [2.45, 2.75) is 70.8 Å². The molecule has 156 valence electrons. The van der Waals surface area contributed by atoms with Crippen LogP contribution in [0.5, 0.6) is 0 Å². The van der Waals surface area contributed by atoms with E-state index in [1.807, 2.05) is 52.0 Å². The molecule has 0 radical (unpaired) electrons. The summed E-state index contributed by atoms with van der Waals surface area (Å²) in [6, 6.07) is 7.83. The van der Waals surface area contributed by atoms with E-state index in [1.54, 1.807) is 4.90 Å². The zero-order valence-electron chi connectivity index (χ0n) is 17.6. The van der Waals surface area contributed by atoms with Gasteiger partial charge in [-0.25, -0.2) is 14.2 Å². The number of halogens is 1. The molecule has 2 fully saturated rings. The lowest BCUT2D eigenvalue weighted by Crippen LogP contribution is -2.55. The van der Waals surface area contributed by atoms with Crippen LogP contribution in [0.15, 0.2) is 24.3 Å². The number of fused-ring (bicyclic) bond motifs is 1. The summed E-state index contributed by atoms with van der Waals surface area (Å²) in [5.74, 6) is 0.881. The lowest BCUT2D eigenvalue weighted by atomic mass is 9.88. The van der Waals surface area contributed by atoms with Crippen molar-refractivity contribution in [1.29, 1.82) is 0 Å². The van der Waals surface area contributed by atoms with E-state index < -0.39 is 11.8 Å². The van der Waals surface area contributed by atoms with E-state index in [0.29, 0.717) is 19.4 Å². The van der Waals surface area contributed by atoms with E-state index in [9.17, 15) is 9.18 Å². The Balaban J connectivity index is 1.51. The molecule has 2 aliphatic rings. The fourth-order valence-electron chi connectivity index (χ4n) is 4.11. The number of alkyl halides is 1. The van der Waals surface area contributed by atoms with Gasteiger partial charge in [-0.3, -0.25) is 4.98 Å². The minimum absolute atomic E-state index is 0.00371. The number of amides is 1.